The summed E-state index contributed by atoms with van der Waals surface area (Å²) < 4.78 is 2.35. The molecule has 4 nitrogen and oxygen atoms in total. The maximum atomic E-state index is 4.42. The van der Waals surface area contributed by atoms with Crippen molar-refractivity contribution in [3.8, 4) is 0 Å². The largest absolute Gasteiger partial charge is 0.314 e. The molecular formula is C12H20N4. The summed E-state index contributed by atoms with van der Waals surface area (Å²) >= 11 is 0. The van der Waals surface area contributed by atoms with E-state index in [0.717, 1.165) is 19.5 Å². The van der Waals surface area contributed by atoms with Crippen LogP contribution in [0.4, 0.5) is 0 Å². The number of hydrogen-bond acceptors (Lipinski definition) is 3. The van der Waals surface area contributed by atoms with Crippen molar-refractivity contribution in [3.63, 3.8) is 0 Å². The van der Waals surface area contributed by atoms with Gasteiger partial charge in [0.2, 0.25) is 0 Å². The van der Waals surface area contributed by atoms with Crippen molar-refractivity contribution in [2.45, 2.75) is 51.6 Å². The lowest BCUT2D eigenvalue weighted by atomic mass is 9.92. The Morgan fingerprint density at radius 2 is 2.19 bits per heavy atom. The Hall–Kier alpha value is -0.900. The van der Waals surface area contributed by atoms with Crippen molar-refractivity contribution in [2.75, 3.05) is 6.54 Å². The van der Waals surface area contributed by atoms with E-state index in [0.29, 0.717) is 12.0 Å². The average Bonchev–Trinajstić information content (AvgIpc) is 2.74. The number of fused-ring (bicyclic) bond motifs is 1. The molecule has 1 N–H and O–H groups in total. The maximum absolute atomic E-state index is 4.42. The number of hydrogen-bond donors (Lipinski definition) is 1. The van der Waals surface area contributed by atoms with Gasteiger partial charge < -0.3 is 9.88 Å². The van der Waals surface area contributed by atoms with Gasteiger partial charge in [0.05, 0.1) is 6.04 Å². The SMILES string of the molecule is CC1CCCNC1c1nnc2n1CCCC2. The molecule has 2 atom stereocenters. The second-order valence-electron chi connectivity index (χ2n) is 5.13. The van der Waals surface area contributed by atoms with Crippen LogP contribution < -0.4 is 5.32 Å². The van der Waals surface area contributed by atoms with Gasteiger partial charge in [-0.05, 0) is 38.1 Å². The summed E-state index contributed by atoms with van der Waals surface area (Å²) in [6.45, 7) is 4.56. The number of piperidine rings is 1. The Kier molecular flexibility index (Phi) is 2.67. The van der Waals surface area contributed by atoms with Crippen molar-refractivity contribution in [1.29, 1.82) is 0 Å². The van der Waals surface area contributed by atoms with E-state index in [1.54, 1.807) is 0 Å². The summed E-state index contributed by atoms with van der Waals surface area (Å²) in [6, 6.07) is 0.424. The van der Waals surface area contributed by atoms with Crippen LogP contribution in [0.15, 0.2) is 0 Å². The Balaban J connectivity index is 1.90. The first kappa shape index (κ1) is 10.3. The molecule has 16 heavy (non-hydrogen) atoms. The highest BCUT2D eigenvalue weighted by atomic mass is 15.3. The third-order valence-corrected chi connectivity index (χ3v) is 3.94. The average molecular weight is 220 g/mol. The fourth-order valence-electron chi connectivity index (χ4n) is 2.96. The lowest BCUT2D eigenvalue weighted by Gasteiger charge is -2.30. The van der Waals surface area contributed by atoms with E-state index in [-0.39, 0.29) is 0 Å². The number of nitrogens with one attached hydrogen (secondary N) is 1. The van der Waals surface area contributed by atoms with Crippen LogP contribution in [0.2, 0.25) is 0 Å². The maximum Gasteiger partial charge on any atom is 0.150 e. The summed E-state index contributed by atoms with van der Waals surface area (Å²) in [5.41, 5.74) is 0. The topological polar surface area (TPSA) is 42.7 Å². The lowest BCUT2D eigenvalue weighted by molar-refractivity contribution is 0.284. The highest BCUT2D eigenvalue weighted by molar-refractivity contribution is 5.05. The molecule has 2 unspecified atom stereocenters. The van der Waals surface area contributed by atoms with Gasteiger partial charge in [-0.3, -0.25) is 0 Å². The van der Waals surface area contributed by atoms with E-state index in [1.165, 1.54) is 37.3 Å². The molecular weight excluding hydrogens is 200 g/mol. The Morgan fingerprint density at radius 1 is 1.25 bits per heavy atom. The molecule has 2 aliphatic rings. The van der Waals surface area contributed by atoms with Gasteiger partial charge in [-0.25, -0.2) is 0 Å². The van der Waals surface area contributed by atoms with E-state index in [9.17, 15) is 0 Å². The molecule has 0 amide bonds. The molecule has 0 radical (unpaired) electrons. The van der Waals surface area contributed by atoms with E-state index >= 15 is 0 Å². The molecule has 4 heteroatoms. The van der Waals surface area contributed by atoms with Crippen LogP contribution in [0.1, 0.15) is 50.3 Å². The number of aryl methyl sites for hydroxylation is 1. The van der Waals surface area contributed by atoms with Crippen molar-refractivity contribution >= 4 is 0 Å². The van der Waals surface area contributed by atoms with Gasteiger partial charge in [0.15, 0.2) is 0 Å². The molecule has 1 saturated heterocycles. The highest BCUT2D eigenvalue weighted by Gasteiger charge is 2.28. The molecule has 0 spiro atoms. The zero-order chi connectivity index (χ0) is 11.0. The van der Waals surface area contributed by atoms with Crippen LogP contribution in [0.5, 0.6) is 0 Å². The molecule has 3 heterocycles. The fraction of sp³-hybridized carbons (Fsp3) is 0.833. The van der Waals surface area contributed by atoms with Crippen LogP contribution >= 0.6 is 0 Å². The second kappa shape index (κ2) is 4.17. The Labute approximate surface area is 96.4 Å². The van der Waals surface area contributed by atoms with E-state index in [4.69, 9.17) is 0 Å². The first-order valence-electron chi connectivity index (χ1n) is 6.51. The van der Waals surface area contributed by atoms with Crippen LogP contribution in [0, 0.1) is 5.92 Å². The summed E-state index contributed by atoms with van der Waals surface area (Å²) in [5.74, 6) is 3.06. The van der Waals surface area contributed by atoms with E-state index < -0.39 is 0 Å². The first-order chi connectivity index (χ1) is 7.86. The Morgan fingerprint density at radius 3 is 3.06 bits per heavy atom. The molecule has 88 valence electrons. The smallest absolute Gasteiger partial charge is 0.150 e. The molecule has 1 aromatic heterocycles. The van der Waals surface area contributed by atoms with Gasteiger partial charge in [0.25, 0.3) is 0 Å². The van der Waals surface area contributed by atoms with Gasteiger partial charge in [-0.1, -0.05) is 6.92 Å². The summed E-state index contributed by atoms with van der Waals surface area (Å²) in [6.07, 6.45) is 6.25. The summed E-state index contributed by atoms with van der Waals surface area (Å²) in [4.78, 5) is 0. The van der Waals surface area contributed by atoms with Crippen molar-refractivity contribution in [2.24, 2.45) is 5.92 Å². The minimum Gasteiger partial charge on any atom is -0.314 e. The third-order valence-electron chi connectivity index (χ3n) is 3.94. The van der Waals surface area contributed by atoms with Gasteiger partial charge in [-0.15, -0.1) is 10.2 Å². The fourth-order valence-corrected chi connectivity index (χ4v) is 2.96. The molecule has 0 aliphatic carbocycles. The van der Waals surface area contributed by atoms with E-state index in [1.807, 2.05) is 0 Å². The highest BCUT2D eigenvalue weighted by Crippen LogP contribution is 2.29. The van der Waals surface area contributed by atoms with Gasteiger partial charge >= 0.3 is 0 Å². The van der Waals surface area contributed by atoms with Crippen LogP contribution in [-0.4, -0.2) is 21.3 Å². The standard InChI is InChI=1S/C12H20N4/c1-9-5-4-7-13-11(9)12-15-14-10-6-2-3-8-16(10)12/h9,11,13H,2-8H2,1H3. The monoisotopic (exact) mass is 220 g/mol. The van der Waals surface area contributed by atoms with Crippen LogP contribution in [0.25, 0.3) is 0 Å². The molecule has 0 saturated carbocycles. The first-order valence-corrected chi connectivity index (χ1v) is 6.51. The number of rotatable bonds is 1. The second-order valence-corrected chi connectivity index (χ2v) is 5.13. The van der Waals surface area contributed by atoms with Crippen molar-refractivity contribution < 1.29 is 0 Å². The van der Waals surface area contributed by atoms with Crippen LogP contribution in [-0.2, 0) is 13.0 Å². The van der Waals surface area contributed by atoms with Gasteiger partial charge in [0, 0.05) is 13.0 Å². The molecule has 1 aromatic rings. The van der Waals surface area contributed by atoms with Crippen molar-refractivity contribution in [3.05, 3.63) is 11.6 Å². The van der Waals surface area contributed by atoms with Gasteiger partial charge in [0.1, 0.15) is 11.6 Å². The molecule has 0 bridgehead atoms. The van der Waals surface area contributed by atoms with Crippen LogP contribution in [0.3, 0.4) is 0 Å². The third kappa shape index (κ3) is 1.65. The predicted molar refractivity (Wildman–Crippen MR) is 62.1 cm³/mol. The molecule has 0 aromatic carbocycles. The summed E-state index contributed by atoms with van der Waals surface area (Å²) in [7, 11) is 0. The molecule has 2 aliphatic heterocycles. The number of aromatic nitrogens is 3. The number of nitrogens with zero attached hydrogens (tertiary/aromatic N) is 3. The van der Waals surface area contributed by atoms with Gasteiger partial charge in [-0.2, -0.15) is 0 Å². The minimum atomic E-state index is 0.424. The zero-order valence-electron chi connectivity index (χ0n) is 9.95. The molecule has 3 rings (SSSR count). The molecule has 1 fully saturated rings. The minimum absolute atomic E-state index is 0.424. The normalized spacial score (nSPS) is 30.1. The van der Waals surface area contributed by atoms with E-state index in [2.05, 4.69) is 27.0 Å². The Bertz CT molecular complexity index is 371. The quantitative estimate of drug-likeness (QED) is 0.783. The van der Waals surface area contributed by atoms with Crippen molar-refractivity contribution in [1.82, 2.24) is 20.1 Å². The lowest BCUT2D eigenvalue weighted by Crippen LogP contribution is -2.35. The zero-order valence-corrected chi connectivity index (χ0v) is 9.95. The summed E-state index contributed by atoms with van der Waals surface area (Å²) in [5, 5.41) is 12.4. The predicted octanol–water partition coefficient (Wildman–Crippen LogP) is 1.68.